The van der Waals surface area contributed by atoms with Gasteiger partial charge in [-0.2, -0.15) is 4.31 Å². The average molecular weight is 460 g/mol. The van der Waals surface area contributed by atoms with Crippen molar-refractivity contribution in [2.75, 3.05) is 47.4 Å². The van der Waals surface area contributed by atoms with Gasteiger partial charge >= 0.3 is 0 Å². The molecule has 3 rings (SSSR count). The number of nitrogens with one attached hydrogen (secondary N) is 1. The Bertz CT molecular complexity index is 1060. The molecule has 0 aliphatic carbocycles. The smallest absolute Gasteiger partial charge is 0.244 e. The lowest BCUT2D eigenvalue weighted by atomic mass is 10.1. The summed E-state index contributed by atoms with van der Waals surface area (Å²) in [6.45, 7) is 2.71. The Hall–Kier alpha value is -2.88. The van der Waals surface area contributed by atoms with Gasteiger partial charge in [-0.1, -0.05) is 12.1 Å². The number of hydrogen-bond acceptors (Lipinski definition) is 6. The first-order valence-corrected chi connectivity index (χ1v) is 11.7. The predicted octanol–water partition coefficient (Wildman–Crippen LogP) is 1.97. The summed E-state index contributed by atoms with van der Waals surface area (Å²) in [6.07, 6.45) is 3.09. The van der Waals surface area contributed by atoms with E-state index in [1.165, 1.54) is 10.4 Å². The van der Waals surface area contributed by atoms with E-state index in [2.05, 4.69) is 10.2 Å². The second-order valence-electron chi connectivity index (χ2n) is 7.51. The maximum absolute atomic E-state index is 12.8. The molecule has 2 aromatic carbocycles. The van der Waals surface area contributed by atoms with Crippen LogP contribution in [0.3, 0.4) is 0 Å². The van der Waals surface area contributed by atoms with Crippen LogP contribution in [0.4, 0.5) is 0 Å². The minimum atomic E-state index is -3.50. The van der Waals surface area contributed by atoms with Gasteiger partial charge in [0.25, 0.3) is 0 Å². The molecule has 9 heteroatoms. The van der Waals surface area contributed by atoms with Crippen molar-refractivity contribution in [1.29, 1.82) is 0 Å². The van der Waals surface area contributed by atoms with E-state index in [0.717, 1.165) is 24.2 Å². The zero-order chi connectivity index (χ0) is 23.1. The number of benzene rings is 2. The van der Waals surface area contributed by atoms with Gasteiger partial charge in [0.05, 0.1) is 19.1 Å². The van der Waals surface area contributed by atoms with Crippen LogP contribution in [-0.4, -0.2) is 71.0 Å². The Morgan fingerprint density at radius 1 is 1.03 bits per heavy atom. The summed E-state index contributed by atoms with van der Waals surface area (Å²) >= 11 is 0. The van der Waals surface area contributed by atoms with Gasteiger partial charge < -0.3 is 19.7 Å². The van der Waals surface area contributed by atoms with E-state index in [4.69, 9.17) is 9.47 Å². The summed E-state index contributed by atoms with van der Waals surface area (Å²) in [5.41, 5.74) is 1.56. The monoisotopic (exact) mass is 459 g/mol. The molecule has 1 saturated heterocycles. The van der Waals surface area contributed by atoms with Crippen LogP contribution >= 0.6 is 0 Å². The molecule has 0 bridgehead atoms. The molecule has 0 unspecified atom stereocenters. The van der Waals surface area contributed by atoms with Crippen molar-refractivity contribution in [2.45, 2.75) is 11.4 Å². The summed E-state index contributed by atoms with van der Waals surface area (Å²) in [7, 11) is 1.62. The largest absolute Gasteiger partial charge is 0.497 e. The fourth-order valence-corrected chi connectivity index (χ4v) is 4.75. The molecule has 2 aromatic rings. The van der Waals surface area contributed by atoms with Crippen LogP contribution in [0.25, 0.3) is 6.08 Å². The Kier molecular flexibility index (Phi) is 7.89. The Morgan fingerprint density at radius 3 is 2.34 bits per heavy atom. The highest BCUT2D eigenvalue weighted by Crippen LogP contribution is 2.25. The number of methoxy groups -OCH3 is 2. The SMILES string of the molecule is COc1ccc(/C=C/C(=O)NCc2ccc(S(=O)(=O)N3CCN(C)CC3)cc2)c(OC)c1. The first-order valence-electron chi connectivity index (χ1n) is 10.3. The molecule has 0 spiro atoms. The van der Waals surface area contributed by atoms with E-state index < -0.39 is 10.0 Å². The number of amides is 1. The van der Waals surface area contributed by atoms with Gasteiger partial charge in [0.2, 0.25) is 15.9 Å². The molecule has 1 aliphatic heterocycles. The third-order valence-electron chi connectivity index (χ3n) is 5.35. The van der Waals surface area contributed by atoms with Gasteiger partial charge in [-0.25, -0.2) is 8.42 Å². The van der Waals surface area contributed by atoms with Crippen LogP contribution in [0.2, 0.25) is 0 Å². The number of carbonyl (C=O) groups is 1. The molecule has 1 N–H and O–H groups in total. The van der Waals surface area contributed by atoms with Crippen molar-refractivity contribution in [3.63, 3.8) is 0 Å². The Labute approximate surface area is 189 Å². The molecule has 32 heavy (non-hydrogen) atoms. The number of carbonyl (C=O) groups excluding carboxylic acids is 1. The average Bonchev–Trinajstić information content (AvgIpc) is 2.81. The van der Waals surface area contributed by atoms with Crippen molar-refractivity contribution in [2.24, 2.45) is 0 Å². The van der Waals surface area contributed by atoms with Crippen LogP contribution in [0.1, 0.15) is 11.1 Å². The van der Waals surface area contributed by atoms with E-state index >= 15 is 0 Å². The minimum Gasteiger partial charge on any atom is -0.497 e. The predicted molar refractivity (Wildman–Crippen MR) is 123 cm³/mol. The fraction of sp³-hybridized carbons (Fsp3) is 0.348. The number of ether oxygens (including phenoxy) is 2. The molecule has 0 saturated carbocycles. The molecule has 172 valence electrons. The standard InChI is InChI=1S/C23H29N3O5S/c1-25-12-14-26(15-13-25)32(28,29)21-9-4-18(5-10-21)17-24-23(27)11-7-19-6-8-20(30-2)16-22(19)31-3/h4-11,16H,12-15,17H2,1-3H3,(H,24,27)/b11-7+. The molecule has 0 radical (unpaired) electrons. The summed E-state index contributed by atoms with van der Waals surface area (Å²) < 4.78 is 37.6. The zero-order valence-electron chi connectivity index (χ0n) is 18.6. The topological polar surface area (TPSA) is 88.2 Å². The van der Waals surface area contributed by atoms with E-state index in [1.807, 2.05) is 7.05 Å². The highest BCUT2D eigenvalue weighted by Gasteiger charge is 2.27. The second-order valence-corrected chi connectivity index (χ2v) is 9.45. The maximum atomic E-state index is 12.8. The van der Waals surface area contributed by atoms with Crippen molar-refractivity contribution in [1.82, 2.24) is 14.5 Å². The second kappa shape index (κ2) is 10.6. The molecule has 1 fully saturated rings. The number of hydrogen-bond donors (Lipinski definition) is 1. The number of sulfonamides is 1. The molecule has 0 atom stereocenters. The van der Waals surface area contributed by atoms with Gasteiger partial charge in [0.1, 0.15) is 11.5 Å². The molecule has 1 amide bonds. The number of nitrogens with zero attached hydrogens (tertiary/aromatic N) is 2. The number of rotatable bonds is 8. The van der Waals surface area contributed by atoms with Crippen molar-refractivity contribution >= 4 is 22.0 Å². The highest BCUT2D eigenvalue weighted by molar-refractivity contribution is 7.89. The third-order valence-corrected chi connectivity index (χ3v) is 7.26. The molecule has 8 nitrogen and oxygen atoms in total. The first kappa shape index (κ1) is 23.8. The van der Waals surface area contributed by atoms with Crippen LogP contribution in [0, 0.1) is 0 Å². The van der Waals surface area contributed by atoms with E-state index in [9.17, 15) is 13.2 Å². The van der Waals surface area contributed by atoms with Gasteiger partial charge in [-0.3, -0.25) is 4.79 Å². The first-order chi connectivity index (χ1) is 15.3. The molecule has 0 aromatic heterocycles. The lowest BCUT2D eigenvalue weighted by molar-refractivity contribution is -0.116. The Balaban J connectivity index is 1.57. The quantitative estimate of drug-likeness (QED) is 0.608. The molecule has 1 aliphatic rings. The van der Waals surface area contributed by atoms with Gasteiger partial charge in [-0.05, 0) is 43.0 Å². The van der Waals surface area contributed by atoms with Gasteiger partial charge in [-0.15, -0.1) is 0 Å². The Morgan fingerprint density at radius 2 is 1.72 bits per heavy atom. The van der Waals surface area contributed by atoms with Crippen LogP contribution in [-0.2, 0) is 21.4 Å². The zero-order valence-corrected chi connectivity index (χ0v) is 19.4. The minimum absolute atomic E-state index is 0.267. The fourth-order valence-electron chi connectivity index (χ4n) is 3.33. The van der Waals surface area contributed by atoms with E-state index in [1.54, 1.807) is 62.8 Å². The van der Waals surface area contributed by atoms with Gasteiger partial charge in [0, 0.05) is 50.4 Å². The van der Waals surface area contributed by atoms with E-state index in [-0.39, 0.29) is 17.3 Å². The molecule has 1 heterocycles. The summed E-state index contributed by atoms with van der Waals surface area (Å²) in [5.74, 6) is 1.00. The normalized spacial score (nSPS) is 15.6. The summed E-state index contributed by atoms with van der Waals surface area (Å²) in [5, 5.41) is 2.80. The number of piperazine rings is 1. The van der Waals surface area contributed by atoms with Crippen LogP contribution < -0.4 is 14.8 Å². The van der Waals surface area contributed by atoms with Gasteiger partial charge in [0.15, 0.2) is 0 Å². The number of likely N-dealkylation sites (N-methyl/N-ethyl adjacent to an activating group) is 1. The summed E-state index contributed by atoms with van der Waals surface area (Å²) in [6, 6.07) is 12.0. The third kappa shape index (κ3) is 5.87. The van der Waals surface area contributed by atoms with Crippen molar-refractivity contribution < 1.29 is 22.7 Å². The van der Waals surface area contributed by atoms with E-state index in [0.29, 0.717) is 24.6 Å². The van der Waals surface area contributed by atoms with Crippen molar-refractivity contribution in [3.05, 3.63) is 59.7 Å². The molecular weight excluding hydrogens is 430 g/mol. The van der Waals surface area contributed by atoms with Crippen molar-refractivity contribution in [3.8, 4) is 11.5 Å². The lowest BCUT2D eigenvalue weighted by Crippen LogP contribution is -2.46. The lowest BCUT2D eigenvalue weighted by Gasteiger charge is -2.31. The van der Waals surface area contributed by atoms with Crippen LogP contribution in [0.5, 0.6) is 11.5 Å². The highest BCUT2D eigenvalue weighted by atomic mass is 32.2. The van der Waals surface area contributed by atoms with Crippen LogP contribution in [0.15, 0.2) is 53.4 Å². The molecular formula is C23H29N3O5S. The maximum Gasteiger partial charge on any atom is 0.244 e. The summed E-state index contributed by atoms with van der Waals surface area (Å²) in [4.78, 5) is 14.6.